The van der Waals surface area contributed by atoms with Crippen LogP contribution in [-0.2, 0) is 4.79 Å². The van der Waals surface area contributed by atoms with Crippen LogP contribution in [0.2, 0.25) is 0 Å². The second-order valence-corrected chi connectivity index (χ2v) is 5.62. The Kier molecular flexibility index (Phi) is 8.18. The summed E-state index contributed by atoms with van der Waals surface area (Å²) in [7, 11) is 0. The molecule has 124 valence electrons. The minimum atomic E-state index is -0.917. The first-order valence-electron chi connectivity index (χ1n) is 8.17. The molecule has 6 heteroatoms. The van der Waals surface area contributed by atoms with Gasteiger partial charge in [0.1, 0.15) is 12.5 Å². The molecular weight excluding hydrogens is 270 g/mol. The van der Waals surface area contributed by atoms with Crippen molar-refractivity contribution in [3.63, 3.8) is 0 Å². The number of hydrogen-bond acceptors (Lipinski definition) is 5. The van der Waals surface area contributed by atoms with Crippen LogP contribution in [0.5, 0.6) is 0 Å². The fourth-order valence-corrected chi connectivity index (χ4v) is 2.85. The maximum atomic E-state index is 12.5. The number of likely N-dealkylation sites (N-methyl/N-ethyl adjacent to an activating group) is 1. The van der Waals surface area contributed by atoms with E-state index in [1.54, 1.807) is 13.8 Å². The van der Waals surface area contributed by atoms with Crippen molar-refractivity contribution >= 4 is 5.91 Å². The average Bonchev–Trinajstić information content (AvgIpc) is 2.53. The van der Waals surface area contributed by atoms with E-state index in [1.807, 2.05) is 6.92 Å². The first kappa shape index (κ1) is 18.4. The van der Waals surface area contributed by atoms with Crippen molar-refractivity contribution in [1.29, 1.82) is 0 Å². The molecule has 0 aliphatic carbocycles. The summed E-state index contributed by atoms with van der Waals surface area (Å²) in [4.78, 5) is 15.9. The highest BCUT2D eigenvalue weighted by Crippen LogP contribution is 2.14. The average molecular weight is 301 g/mol. The molecule has 0 bridgehead atoms. The molecule has 2 unspecified atom stereocenters. The molecule has 2 atom stereocenters. The molecule has 1 amide bonds. The van der Waals surface area contributed by atoms with Gasteiger partial charge in [0.05, 0.1) is 6.54 Å². The lowest BCUT2D eigenvalue weighted by Crippen LogP contribution is -2.53. The van der Waals surface area contributed by atoms with Crippen molar-refractivity contribution in [3.05, 3.63) is 0 Å². The lowest BCUT2D eigenvalue weighted by Gasteiger charge is -2.37. The molecule has 6 nitrogen and oxygen atoms in total. The number of carbonyl (C=O) groups excluding carboxylic acids is 1. The Bertz CT molecular complexity index is 299. The zero-order chi connectivity index (χ0) is 15.8. The van der Waals surface area contributed by atoms with Gasteiger partial charge in [0.15, 0.2) is 0 Å². The number of amides is 1. The Morgan fingerprint density at radius 2 is 1.67 bits per heavy atom. The molecule has 0 aromatic rings. The zero-order valence-corrected chi connectivity index (χ0v) is 13.6. The van der Waals surface area contributed by atoms with Gasteiger partial charge in [-0.25, -0.2) is 0 Å². The monoisotopic (exact) mass is 301 g/mol. The Labute approximate surface area is 128 Å². The van der Waals surface area contributed by atoms with E-state index >= 15 is 0 Å². The third-order valence-corrected chi connectivity index (χ3v) is 4.23. The maximum absolute atomic E-state index is 12.5. The summed E-state index contributed by atoms with van der Waals surface area (Å²) < 4.78 is 0. The van der Waals surface area contributed by atoms with E-state index in [0.717, 1.165) is 32.5 Å². The van der Waals surface area contributed by atoms with Crippen molar-refractivity contribution in [2.45, 2.75) is 65.0 Å². The summed E-state index contributed by atoms with van der Waals surface area (Å²) in [6.07, 6.45) is 1.07. The van der Waals surface area contributed by atoms with E-state index < -0.39 is 12.5 Å². The molecule has 1 rings (SSSR count). The summed E-state index contributed by atoms with van der Waals surface area (Å²) in [5, 5.41) is 23.3. The van der Waals surface area contributed by atoms with Crippen molar-refractivity contribution in [3.8, 4) is 0 Å². The van der Waals surface area contributed by atoms with E-state index in [4.69, 9.17) is 0 Å². The van der Waals surface area contributed by atoms with Gasteiger partial charge in [-0.05, 0) is 45.3 Å². The van der Waals surface area contributed by atoms with Gasteiger partial charge in [-0.3, -0.25) is 14.6 Å². The Balaban J connectivity index is 2.68. The van der Waals surface area contributed by atoms with Crippen LogP contribution in [0.3, 0.4) is 0 Å². The number of carbonyl (C=O) groups is 1. The molecule has 1 fully saturated rings. The van der Waals surface area contributed by atoms with Gasteiger partial charge in [0.2, 0.25) is 5.91 Å². The number of aliphatic hydroxyl groups excluding tert-OH is 2. The largest absolute Gasteiger partial charge is 0.373 e. The van der Waals surface area contributed by atoms with E-state index in [9.17, 15) is 15.0 Å². The number of aliphatic hydroxyl groups is 2. The van der Waals surface area contributed by atoms with Crippen molar-refractivity contribution in [2.75, 3.05) is 26.2 Å². The summed E-state index contributed by atoms with van der Waals surface area (Å²) >= 11 is 0. The summed E-state index contributed by atoms with van der Waals surface area (Å²) in [5.41, 5.74) is 0. The molecule has 21 heavy (non-hydrogen) atoms. The quantitative estimate of drug-likeness (QED) is 0.564. The van der Waals surface area contributed by atoms with Crippen LogP contribution in [0.25, 0.3) is 0 Å². The minimum Gasteiger partial charge on any atom is -0.373 e. The molecule has 0 aromatic heterocycles. The number of piperidine rings is 1. The highest BCUT2D eigenvalue weighted by molar-refractivity contribution is 5.78. The van der Waals surface area contributed by atoms with Crippen molar-refractivity contribution in [1.82, 2.24) is 15.1 Å². The summed E-state index contributed by atoms with van der Waals surface area (Å²) in [6, 6.07) is 0.402. The highest BCUT2D eigenvalue weighted by atomic mass is 16.3. The van der Waals surface area contributed by atoms with Gasteiger partial charge in [-0.1, -0.05) is 20.8 Å². The molecular formula is C15H31N3O3. The fourth-order valence-electron chi connectivity index (χ4n) is 2.85. The topological polar surface area (TPSA) is 76.0 Å². The van der Waals surface area contributed by atoms with Gasteiger partial charge in [0, 0.05) is 6.04 Å². The minimum absolute atomic E-state index is 0.195. The van der Waals surface area contributed by atoms with Gasteiger partial charge in [0.25, 0.3) is 0 Å². The van der Waals surface area contributed by atoms with Crippen LogP contribution < -0.4 is 5.32 Å². The fraction of sp³-hybridized carbons (Fsp3) is 0.933. The number of hydrogen-bond donors (Lipinski definition) is 3. The van der Waals surface area contributed by atoms with Gasteiger partial charge in [-0.15, -0.1) is 0 Å². The van der Waals surface area contributed by atoms with Gasteiger partial charge >= 0.3 is 0 Å². The number of rotatable bonds is 8. The van der Waals surface area contributed by atoms with Crippen LogP contribution in [0.1, 0.15) is 46.5 Å². The first-order chi connectivity index (χ1) is 10.0. The van der Waals surface area contributed by atoms with Gasteiger partial charge < -0.3 is 15.5 Å². The second-order valence-electron chi connectivity index (χ2n) is 5.62. The lowest BCUT2D eigenvalue weighted by molar-refractivity contribution is -0.162. The maximum Gasteiger partial charge on any atom is 0.240 e. The zero-order valence-electron chi connectivity index (χ0n) is 13.6. The normalized spacial score (nSPS) is 19.5. The molecule has 0 saturated carbocycles. The van der Waals surface area contributed by atoms with E-state index in [-0.39, 0.29) is 12.5 Å². The number of nitrogens with zero attached hydrogens (tertiary/aromatic N) is 2. The molecule has 1 heterocycles. The van der Waals surface area contributed by atoms with Crippen LogP contribution >= 0.6 is 0 Å². The second kappa shape index (κ2) is 9.35. The predicted molar refractivity (Wildman–Crippen MR) is 82.6 cm³/mol. The molecule has 0 spiro atoms. The first-order valence-corrected chi connectivity index (χ1v) is 8.17. The van der Waals surface area contributed by atoms with E-state index in [0.29, 0.717) is 18.9 Å². The summed E-state index contributed by atoms with van der Waals surface area (Å²) in [6.45, 7) is 8.67. The Morgan fingerprint density at radius 3 is 2.10 bits per heavy atom. The van der Waals surface area contributed by atoms with E-state index in [1.165, 1.54) is 4.90 Å². The molecule has 1 aliphatic heterocycles. The number of nitrogens with one attached hydrogen (secondary N) is 1. The summed E-state index contributed by atoms with van der Waals surface area (Å²) in [5.74, 6) is -0.195. The lowest BCUT2D eigenvalue weighted by atomic mass is 10.0. The Morgan fingerprint density at radius 1 is 1.14 bits per heavy atom. The van der Waals surface area contributed by atoms with E-state index in [2.05, 4.69) is 10.2 Å². The van der Waals surface area contributed by atoms with Crippen LogP contribution in [0, 0.1) is 0 Å². The van der Waals surface area contributed by atoms with Crippen LogP contribution in [-0.4, -0.2) is 70.6 Å². The van der Waals surface area contributed by atoms with Crippen molar-refractivity contribution < 1.29 is 15.0 Å². The molecule has 3 N–H and O–H groups in total. The molecule has 0 aromatic carbocycles. The van der Waals surface area contributed by atoms with Crippen LogP contribution in [0.15, 0.2) is 0 Å². The highest BCUT2D eigenvalue weighted by Gasteiger charge is 2.29. The Hall–Kier alpha value is -0.690. The SMILES string of the molecule is CCC(O)N(C(=O)CN(CC)C1CCNCC1)C(O)CC. The predicted octanol–water partition coefficient (Wildman–Crippen LogP) is 0.346. The smallest absolute Gasteiger partial charge is 0.240 e. The third-order valence-electron chi connectivity index (χ3n) is 4.23. The molecule has 1 saturated heterocycles. The van der Waals surface area contributed by atoms with Crippen molar-refractivity contribution in [2.24, 2.45) is 0 Å². The third kappa shape index (κ3) is 5.21. The molecule has 0 radical (unpaired) electrons. The molecule has 1 aliphatic rings. The standard InChI is InChI=1S/C15H31N3O3/c1-4-13(19)18(14(20)5-2)15(21)11-17(6-3)12-7-9-16-10-8-12/h12-14,16,19-20H,4-11H2,1-3H3. The van der Waals surface area contributed by atoms with Gasteiger partial charge in [-0.2, -0.15) is 0 Å². The van der Waals surface area contributed by atoms with Crippen LogP contribution in [0.4, 0.5) is 0 Å².